The second-order valence-electron chi connectivity index (χ2n) is 8.46. The second kappa shape index (κ2) is 8.16. The van der Waals surface area contributed by atoms with Crippen LogP contribution in [0.25, 0.3) is 0 Å². The maximum Gasteiger partial charge on any atom is 0.416 e. The summed E-state index contributed by atoms with van der Waals surface area (Å²) in [5.74, 6) is -0.244. The molecule has 0 saturated heterocycles. The van der Waals surface area contributed by atoms with Gasteiger partial charge in [-0.2, -0.15) is 13.2 Å². The van der Waals surface area contributed by atoms with Crippen LogP contribution in [0.15, 0.2) is 83.8 Å². The minimum Gasteiger partial charge on any atom is -0.378 e. The van der Waals surface area contributed by atoms with Gasteiger partial charge in [-0.3, -0.25) is 4.72 Å². The molecule has 1 heterocycles. The van der Waals surface area contributed by atoms with Gasteiger partial charge in [-0.05, 0) is 72.0 Å². The van der Waals surface area contributed by atoms with Gasteiger partial charge in [0, 0.05) is 17.3 Å². The predicted octanol–water partition coefficient (Wildman–Crippen LogP) is 6.47. The zero-order valence-corrected chi connectivity index (χ0v) is 18.5. The number of rotatable bonds is 4. The van der Waals surface area contributed by atoms with Crippen molar-refractivity contribution in [1.82, 2.24) is 0 Å². The van der Waals surface area contributed by atoms with E-state index in [0.29, 0.717) is 0 Å². The van der Waals surface area contributed by atoms with E-state index >= 15 is 0 Å². The Kier molecular flexibility index (Phi) is 5.39. The number of fused-ring (bicyclic) bond motifs is 3. The highest BCUT2D eigenvalue weighted by Crippen LogP contribution is 2.50. The molecule has 0 spiro atoms. The summed E-state index contributed by atoms with van der Waals surface area (Å²) < 4.78 is 80.6. The van der Waals surface area contributed by atoms with Crippen LogP contribution in [-0.2, 0) is 16.2 Å². The number of alkyl halides is 3. The quantitative estimate of drug-likeness (QED) is 0.327. The molecule has 9 heteroatoms. The molecule has 0 aromatic heterocycles. The lowest BCUT2D eigenvalue weighted by Gasteiger charge is -2.37. The third-order valence-electron chi connectivity index (χ3n) is 6.32. The van der Waals surface area contributed by atoms with Gasteiger partial charge in [-0.25, -0.2) is 12.8 Å². The summed E-state index contributed by atoms with van der Waals surface area (Å²) in [6.45, 7) is 0. The largest absolute Gasteiger partial charge is 0.416 e. The molecule has 0 bridgehead atoms. The van der Waals surface area contributed by atoms with Crippen molar-refractivity contribution in [3.05, 3.63) is 101 Å². The number of nitrogens with one attached hydrogen (secondary N) is 2. The number of allylic oxidation sites excluding steroid dienone is 2. The highest BCUT2D eigenvalue weighted by atomic mass is 32.2. The van der Waals surface area contributed by atoms with Crippen molar-refractivity contribution in [1.29, 1.82) is 0 Å². The summed E-state index contributed by atoms with van der Waals surface area (Å²) in [5, 5.41) is 3.45. The van der Waals surface area contributed by atoms with Crippen LogP contribution in [0.4, 0.5) is 28.9 Å². The molecular weight excluding hydrogens is 468 g/mol. The van der Waals surface area contributed by atoms with E-state index in [2.05, 4.69) is 10.0 Å². The lowest BCUT2D eigenvalue weighted by Crippen LogP contribution is -2.29. The zero-order chi connectivity index (χ0) is 24.1. The maximum absolute atomic E-state index is 13.4. The van der Waals surface area contributed by atoms with E-state index in [0.717, 1.165) is 41.4 Å². The molecule has 2 aliphatic rings. The molecule has 0 amide bonds. The van der Waals surface area contributed by atoms with E-state index in [1.807, 2.05) is 12.2 Å². The van der Waals surface area contributed by atoms with Crippen molar-refractivity contribution in [3.63, 3.8) is 0 Å². The molecule has 4 nitrogen and oxygen atoms in total. The van der Waals surface area contributed by atoms with Crippen LogP contribution in [0.2, 0.25) is 0 Å². The molecule has 0 radical (unpaired) electrons. The van der Waals surface area contributed by atoms with Gasteiger partial charge in [-0.15, -0.1) is 0 Å². The smallest absolute Gasteiger partial charge is 0.378 e. The fraction of sp³-hybridized carbons (Fsp3) is 0.200. The van der Waals surface area contributed by atoms with Gasteiger partial charge in [0.15, 0.2) is 0 Å². The zero-order valence-electron chi connectivity index (χ0n) is 17.7. The number of hydrogen-bond acceptors (Lipinski definition) is 3. The Labute approximate surface area is 194 Å². The van der Waals surface area contributed by atoms with Crippen molar-refractivity contribution < 1.29 is 26.0 Å². The van der Waals surface area contributed by atoms with Gasteiger partial charge < -0.3 is 5.32 Å². The van der Waals surface area contributed by atoms with Gasteiger partial charge in [0.2, 0.25) is 0 Å². The topological polar surface area (TPSA) is 58.2 Å². The van der Waals surface area contributed by atoms with Crippen LogP contribution in [0, 0.1) is 11.7 Å². The van der Waals surface area contributed by atoms with Crippen molar-refractivity contribution in [2.24, 2.45) is 5.92 Å². The third kappa shape index (κ3) is 4.16. The van der Waals surface area contributed by atoms with Crippen LogP contribution in [-0.4, -0.2) is 8.42 Å². The van der Waals surface area contributed by atoms with Crippen molar-refractivity contribution in [3.8, 4) is 0 Å². The fourth-order valence-electron chi connectivity index (χ4n) is 4.71. The molecule has 1 aliphatic carbocycles. The Balaban J connectivity index is 1.46. The van der Waals surface area contributed by atoms with Gasteiger partial charge in [0.25, 0.3) is 10.0 Å². The molecule has 34 heavy (non-hydrogen) atoms. The van der Waals surface area contributed by atoms with E-state index in [1.165, 1.54) is 24.3 Å². The Morgan fingerprint density at radius 3 is 2.47 bits per heavy atom. The minimum atomic E-state index is -4.58. The molecule has 2 N–H and O–H groups in total. The molecule has 5 rings (SSSR count). The Morgan fingerprint density at radius 1 is 0.971 bits per heavy atom. The summed E-state index contributed by atoms with van der Waals surface area (Å²) >= 11 is 0. The summed E-state index contributed by atoms with van der Waals surface area (Å²) in [6.07, 6.45) is 0.282. The maximum atomic E-state index is 13.4. The van der Waals surface area contributed by atoms with Crippen LogP contribution in [0.5, 0.6) is 0 Å². The first-order valence-corrected chi connectivity index (χ1v) is 12.1. The van der Waals surface area contributed by atoms with Gasteiger partial charge in [0.1, 0.15) is 5.82 Å². The molecule has 176 valence electrons. The van der Waals surface area contributed by atoms with Gasteiger partial charge in [-0.1, -0.05) is 30.4 Å². The number of halogens is 4. The molecule has 0 unspecified atom stereocenters. The molecule has 3 atom stereocenters. The Hall–Kier alpha value is -3.33. The highest BCUT2D eigenvalue weighted by Gasteiger charge is 2.38. The molecule has 3 aromatic rings. The highest BCUT2D eigenvalue weighted by molar-refractivity contribution is 7.92. The van der Waals surface area contributed by atoms with Crippen LogP contribution in [0.3, 0.4) is 0 Å². The van der Waals surface area contributed by atoms with E-state index in [9.17, 15) is 26.0 Å². The lowest BCUT2D eigenvalue weighted by molar-refractivity contribution is -0.137. The SMILES string of the molecule is O=S(=O)(Nc1cccc(C(F)(F)F)c1)c1ccc2c(c1)[C@@H]1C=CC[C@@H]1[C@H](c1ccc(F)cc1)N2. The predicted molar refractivity (Wildman–Crippen MR) is 121 cm³/mol. The van der Waals surface area contributed by atoms with Crippen molar-refractivity contribution >= 4 is 21.4 Å². The number of hydrogen-bond donors (Lipinski definition) is 2. The summed E-state index contributed by atoms with van der Waals surface area (Å²) in [4.78, 5) is -0.0373. The molecule has 0 fully saturated rings. The standard InChI is InChI=1S/C25H20F4N2O2S/c26-17-9-7-15(8-10-17)24-21-6-2-5-20(21)22-14-19(11-12-23(22)30-24)34(32,33)31-18-4-1-3-16(13-18)25(27,28)29/h1-5,7-14,20-21,24,30-31H,6H2/t20-,21+,24+/m1/s1. The number of anilines is 2. The first kappa shape index (κ1) is 22.5. The summed E-state index contributed by atoms with van der Waals surface area (Å²) in [7, 11) is -4.12. The van der Waals surface area contributed by atoms with Crippen molar-refractivity contribution in [2.75, 3.05) is 10.0 Å². The molecule has 0 saturated carbocycles. The fourth-order valence-corrected chi connectivity index (χ4v) is 5.80. The van der Waals surface area contributed by atoms with Crippen LogP contribution >= 0.6 is 0 Å². The van der Waals surface area contributed by atoms with Gasteiger partial charge >= 0.3 is 6.18 Å². The number of sulfonamides is 1. The van der Waals surface area contributed by atoms with Crippen LogP contribution in [0.1, 0.15) is 35.1 Å². The molecular formula is C25H20F4N2O2S. The van der Waals surface area contributed by atoms with E-state index in [-0.39, 0.29) is 34.3 Å². The van der Waals surface area contributed by atoms with Gasteiger partial charge in [0.05, 0.1) is 16.5 Å². The minimum absolute atomic E-state index is 0.0373. The molecule has 3 aromatic carbocycles. The summed E-state index contributed by atoms with van der Waals surface area (Å²) in [5.41, 5.74) is 1.40. The van der Waals surface area contributed by atoms with E-state index < -0.39 is 21.8 Å². The van der Waals surface area contributed by atoms with Crippen LogP contribution < -0.4 is 10.0 Å². The van der Waals surface area contributed by atoms with E-state index in [1.54, 1.807) is 24.3 Å². The Morgan fingerprint density at radius 2 is 1.74 bits per heavy atom. The summed E-state index contributed by atoms with van der Waals surface area (Å²) in [6, 6.07) is 15.0. The number of benzene rings is 3. The lowest BCUT2D eigenvalue weighted by atomic mass is 9.77. The first-order chi connectivity index (χ1) is 16.1. The molecule has 1 aliphatic heterocycles. The van der Waals surface area contributed by atoms with Crippen molar-refractivity contribution in [2.45, 2.75) is 29.5 Å². The second-order valence-corrected chi connectivity index (χ2v) is 10.1. The first-order valence-electron chi connectivity index (χ1n) is 10.6. The Bertz CT molecular complexity index is 1370. The van der Waals surface area contributed by atoms with E-state index in [4.69, 9.17) is 0 Å². The average Bonchev–Trinajstić information content (AvgIpc) is 3.28. The monoisotopic (exact) mass is 488 g/mol. The average molecular weight is 489 g/mol. The third-order valence-corrected chi connectivity index (χ3v) is 7.69. The normalized spacial score (nSPS) is 21.5.